The SMILES string of the molecule is Nc1c(Br)cc(C(F)(C(F)(F)F)C(F)(F)Br)cc1C(F)F. The van der Waals surface area contributed by atoms with E-state index in [1.54, 1.807) is 0 Å². The molecule has 11 heteroatoms. The van der Waals surface area contributed by atoms with Crippen molar-refractivity contribution in [2.45, 2.75) is 23.1 Å². The summed E-state index contributed by atoms with van der Waals surface area (Å²) >= 11 is 3.85. The van der Waals surface area contributed by atoms with Crippen LogP contribution in [0.25, 0.3) is 0 Å². The van der Waals surface area contributed by atoms with E-state index in [0.29, 0.717) is 0 Å². The topological polar surface area (TPSA) is 26.0 Å². The fourth-order valence-electron chi connectivity index (χ4n) is 1.51. The average Bonchev–Trinajstić information content (AvgIpc) is 2.27. The Labute approximate surface area is 129 Å². The van der Waals surface area contributed by atoms with E-state index in [1.807, 2.05) is 0 Å². The number of nitrogens with two attached hydrogens (primary N) is 1. The van der Waals surface area contributed by atoms with Crippen molar-refractivity contribution in [1.29, 1.82) is 0 Å². The molecule has 0 aliphatic heterocycles. The molecule has 1 rings (SSSR count). The normalized spacial score (nSPS) is 16.1. The predicted molar refractivity (Wildman–Crippen MR) is 66.2 cm³/mol. The minimum absolute atomic E-state index is 0.0343. The lowest BCUT2D eigenvalue weighted by Crippen LogP contribution is -2.49. The summed E-state index contributed by atoms with van der Waals surface area (Å²) in [7, 11) is 0. The molecule has 2 N–H and O–H groups in total. The Morgan fingerprint density at radius 2 is 1.48 bits per heavy atom. The zero-order valence-corrected chi connectivity index (χ0v) is 12.8. The minimum atomic E-state index is -6.06. The third-order valence-corrected chi connectivity index (χ3v) is 3.78. The van der Waals surface area contributed by atoms with E-state index >= 15 is 0 Å². The van der Waals surface area contributed by atoms with Crippen LogP contribution >= 0.6 is 31.9 Å². The van der Waals surface area contributed by atoms with Gasteiger partial charge in [-0.15, -0.1) is 0 Å². The van der Waals surface area contributed by atoms with Gasteiger partial charge in [-0.1, -0.05) is 0 Å². The number of anilines is 1. The third kappa shape index (κ3) is 3.13. The number of hydrogen-bond donors (Lipinski definition) is 1. The first kappa shape index (κ1) is 18.5. The van der Waals surface area contributed by atoms with Crippen molar-refractivity contribution in [1.82, 2.24) is 0 Å². The van der Waals surface area contributed by atoms with Gasteiger partial charge in [0.1, 0.15) is 0 Å². The van der Waals surface area contributed by atoms with E-state index in [-0.39, 0.29) is 12.1 Å². The Hall–Kier alpha value is -0.580. The average molecular weight is 451 g/mol. The molecule has 0 fully saturated rings. The fraction of sp³-hybridized carbons (Fsp3) is 0.400. The molecule has 0 saturated heterocycles. The molecule has 0 saturated carbocycles. The molecular formula is C10H5Br2F8N. The Morgan fingerprint density at radius 3 is 1.81 bits per heavy atom. The summed E-state index contributed by atoms with van der Waals surface area (Å²) in [5.41, 5.74) is -3.59. The van der Waals surface area contributed by atoms with Crippen molar-refractivity contribution >= 4 is 37.5 Å². The molecule has 0 bridgehead atoms. The Balaban J connectivity index is 3.70. The van der Waals surface area contributed by atoms with Gasteiger partial charge in [-0.2, -0.15) is 22.0 Å². The van der Waals surface area contributed by atoms with E-state index in [9.17, 15) is 35.1 Å². The van der Waals surface area contributed by atoms with Gasteiger partial charge in [0.2, 0.25) is 0 Å². The molecule has 0 aliphatic carbocycles. The van der Waals surface area contributed by atoms with Gasteiger partial charge < -0.3 is 5.73 Å². The number of rotatable bonds is 3. The van der Waals surface area contributed by atoms with Crippen LogP contribution in [-0.4, -0.2) is 11.0 Å². The minimum Gasteiger partial charge on any atom is -0.397 e. The Bertz CT molecular complexity index is 523. The van der Waals surface area contributed by atoms with E-state index in [1.165, 1.54) is 15.9 Å². The molecular weight excluding hydrogens is 446 g/mol. The lowest BCUT2D eigenvalue weighted by Gasteiger charge is -2.32. The van der Waals surface area contributed by atoms with Crippen molar-refractivity contribution in [3.05, 3.63) is 27.7 Å². The van der Waals surface area contributed by atoms with Crippen molar-refractivity contribution in [2.24, 2.45) is 0 Å². The van der Waals surface area contributed by atoms with Gasteiger partial charge in [-0.3, -0.25) is 0 Å². The summed E-state index contributed by atoms with van der Waals surface area (Å²) in [5, 5.41) is 0. The highest BCUT2D eigenvalue weighted by Gasteiger charge is 2.71. The van der Waals surface area contributed by atoms with Crippen LogP contribution in [0.15, 0.2) is 16.6 Å². The van der Waals surface area contributed by atoms with Gasteiger partial charge in [0, 0.05) is 15.6 Å². The zero-order valence-electron chi connectivity index (χ0n) is 9.59. The van der Waals surface area contributed by atoms with Crippen LogP contribution in [0, 0.1) is 0 Å². The van der Waals surface area contributed by atoms with E-state index in [4.69, 9.17) is 5.73 Å². The van der Waals surface area contributed by atoms with Crippen molar-refractivity contribution in [3.63, 3.8) is 0 Å². The first-order chi connectivity index (χ1) is 9.23. The van der Waals surface area contributed by atoms with Crippen molar-refractivity contribution in [3.8, 4) is 0 Å². The molecule has 0 radical (unpaired) electrons. The summed E-state index contributed by atoms with van der Waals surface area (Å²) in [6.45, 7) is 0. The van der Waals surface area contributed by atoms with Gasteiger partial charge in [-0.25, -0.2) is 13.2 Å². The Morgan fingerprint density at radius 1 is 1.00 bits per heavy atom. The van der Waals surface area contributed by atoms with Crippen LogP contribution in [0.1, 0.15) is 17.6 Å². The lowest BCUT2D eigenvalue weighted by atomic mass is 9.93. The lowest BCUT2D eigenvalue weighted by molar-refractivity contribution is -0.282. The number of hydrogen-bond acceptors (Lipinski definition) is 1. The quantitative estimate of drug-likeness (QED) is 0.357. The predicted octanol–water partition coefficient (Wildman–Crippen LogP) is 5.68. The molecule has 0 aromatic heterocycles. The fourth-order valence-corrected chi connectivity index (χ4v) is 2.44. The van der Waals surface area contributed by atoms with Crippen LogP contribution in [-0.2, 0) is 5.67 Å². The summed E-state index contributed by atoms with van der Waals surface area (Å²) in [6, 6.07) is 0.247. The summed E-state index contributed by atoms with van der Waals surface area (Å²) in [4.78, 5) is -5.08. The smallest absolute Gasteiger partial charge is 0.397 e. The molecule has 0 aliphatic rings. The molecule has 0 amide bonds. The first-order valence-electron chi connectivity index (χ1n) is 4.93. The molecule has 1 unspecified atom stereocenters. The third-order valence-electron chi connectivity index (χ3n) is 2.58. The van der Waals surface area contributed by atoms with Crippen LogP contribution in [0.3, 0.4) is 0 Å². The Kier molecular flexibility index (Phi) is 4.89. The standard InChI is InChI=1S/C10H5Br2F8N/c11-5-2-3(1-4(6(5)21)7(13)14)8(15,9(12,16)17)10(18,19)20/h1-2,7H,21H2. The highest BCUT2D eigenvalue weighted by atomic mass is 79.9. The maximum atomic E-state index is 14.1. The van der Waals surface area contributed by atoms with Crippen LogP contribution in [0.4, 0.5) is 40.8 Å². The number of halogens is 10. The van der Waals surface area contributed by atoms with Gasteiger partial charge in [-0.05, 0) is 44.0 Å². The van der Waals surface area contributed by atoms with E-state index in [0.717, 1.165) is 0 Å². The van der Waals surface area contributed by atoms with Crippen LogP contribution in [0.5, 0.6) is 0 Å². The van der Waals surface area contributed by atoms with Crippen LogP contribution < -0.4 is 5.73 Å². The summed E-state index contributed by atoms with van der Waals surface area (Å²) < 4.78 is 103. The molecule has 120 valence electrons. The van der Waals surface area contributed by atoms with Crippen LogP contribution in [0.2, 0.25) is 0 Å². The molecule has 1 aromatic rings. The molecule has 1 atom stereocenters. The zero-order chi connectivity index (χ0) is 16.8. The maximum Gasteiger partial charge on any atom is 0.433 e. The van der Waals surface area contributed by atoms with Gasteiger partial charge >= 0.3 is 16.7 Å². The monoisotopic (exact) mass is 449 g/mol. The molecule has 1 nitrogen and oxygen atoms in total. The van der Waals surface area contributed by atoms with E-state index < -0.39 is 44.4 Å². The number of alkyl halides is 9. The second-order valence-corrected chi connectivity index (χ2v) is 5.77. The first-order valence-corrected chi connectivity index (χ1v) is 6.52. The maximum absolute atomic E-state index is 14.1. The summed E-state index contributed by atoms with van der Waals surface area (Å²) in [6.07, 6.45) is -9.43. The molecule has 0 heterocycles. The number of nitrogen functional groups attached to an aromatic ring is 1. The molecule has 1 aromatic carbocycles. The number of benzene rings is 1. The van der Waals surface area contributed by atoms with Crippen molar-refractivity contribution in [2.75, 3.05) is 5.73 Å². The van der Waals surface area contributed by atoms with Gasteiger partial charge in [0.25, 0.3) is 6.43 Å². The molecule has 21 heavy (non-hydrogen) atoms. The second-order valence-electron chi connectivity index (χ2n) is 3.92. The second kappa shape index (κ2) is 5.56. The summed E-state index contributed by atoms with van der Waals surface area (Å²) in [5.74, 6) is 0. The largest absolute Gasteiger partial charge is 0.433 e. The highest BCUT2D eigenvalue weighted by Crippen LogP contribution is 2.56. The highest BCUT2D eigenvalue weighted by molar-refractivity contribution is 9.10. The molecule has 0 spiro atoms. The van der Waals surface area contributed by atoms with E-state index in [2.05, 4.69) is 15.9 Å². The van der Waals surface area contributed by atoms with Crippen molar-refractivity contribution < 1.29 is 35.1 Å². The van der Waals surface area contributed by atoms with Gasteiger partial charge in [0.05, 0.1) is 5.69 Å². The van der Waals surface area contributed by atoms with Gasteiger partial charge in [0.15, 0.2) is 0 Å².